The minimum atomic E-state index is -0.123. The predicted molar refractivity (Wildman–Crippen MR) is 86.6 cm³/mol. The lowest BCUT2D eigenvalue weighted by atomic mass is 10.1. The Hall–Kier alpha value is -2.82. The number of carbonyl (C=O) groups excluding carboxylic acids is 2. The molecule has 0 aliphatic rings. The van der Waals surface area contributed by atoms with Gasteiger partial charge in [0.2, 0.25) is 5.91 Å². The highest BCUT2D eigenvalue weighted by Crippen LogP contribution is 2.09. The molecule has 2 rings (SSSR count). The highest BCUT2D eigenvalue weighted by atomic mass is 16.2. The molecule has 0 bridgehead atoms. The van der Waals surface area contributed by atoms with Crippen LogP contribution in [-0.2, 0) is 11.3 Å². The molecule has 0 aromatic heterocycles. The number of nitrogens with one attached hydrogen (secondary N) is 3. The first-order chi connectivity index (χ1) is 10.7. The Morgan fingerprint density at radius 1 is 0.955 bits per heavy atom. The van der Waals surface area contributed by atoms with Crippen LogP contribution in [0.25, 0.3) is 0 Å². The zero-order chi connectivity index (χ0) is 15.8. The third kappa shape index (κ3) is 4.63. The fourth-order valence-corrected chi connectivity index (χ4v) is 1.89. The van der Waals surface area contributed by atoms with E-state index in [0.717, 1.165) is 11.3 Å². The second-order valence-corrected chi connectivity index (χ2v) is 4.77. The average Bonchev–Trinajstić information content (AvgIpc) is 2.59. The van der Waals surface area contributed by atoms with E-state index in [1.165, 1.54) is 0 Å². The molecule has 0 heterocycles. The molecule has 2 aromatic rings. The average molecular weight is 297 g/mol. The van der Waals surface area contributed by atoms with Gasteiger partial charge in [-0.25, -0.2) is 0 Å². The van der Waals surface area contributed by atoms with Crippen molar-refractivity contribution in [1.82, 2.24) is 10.6 Å². The number of anilines is 1. The van der Waals surface area contributed by atoms with E-state index in [-0.39, 0.29) is 18.4 Å². The van der Waals surface area contributed by atoms with Crippen LogP contribution in [0.3, 0.4) is 0 Å². The number of likely N-dealkylation sites (N-methyl/N-ethyl adjacent to an activating group) is 1. The van der Waals surface area contributed by atoms with Gasteiger partial charge in [-0.2, -0.15) is 0 Å². The molecule has 0 saturated heterocycles. The number of amides is 2. The summed E-state index contributed by atoms with van der Waals surface area (Å²) in [6, 6.07) is 16.8. The third-order valence-corrected chi connectivity index (χ3v) is 3.17. The van der Waals surface area contributed by atoms with Gasteiger partial charge < -0.3 is 16.0 Å². The van der Waals surface area contributed by atoms with Crippen molar-refractivity contribution in [2.45, 2.75) is 6.54 Å². The van der Waals surface area contributed by atoms with Crippen LogP contribution < -0.4 is 16.0 Å². The van der Waals surface area contributed by atoms with Crippen LogP contribution in [0, 0.1) is 0 Å². The first-order valence-electron chi connectivity index (χ1n) is 7.05. The number of hydrogen-bond acceptors (Lipinski definition) is 3. The minimum Gasteiger partial charge on any atom is -0.376 e. The van der Waals surface area contributed by atoms with E-state index in [1.807, 2.05) is 30.3 Å². The lowest BCUT2D eigenvalue weighted by Crippen LogP contribution is -2.26. The smallest absolute Gasteiger partial charge is 0.251 e. The highest BCUT2D eigenvalue weighted by molar-refractivity contribution is 5.94. The summed E-state index contributed by atoms with van der Waals surface area (Å²) < 4.78 is 0. The van der Waals surface area contributed by atoms with Crippen LogP contribution in [-0.4, -0.2) is 25.4 Å². The van der Waals surface area contributed by atoms with Crippen molar-refractivity contribution < 1.29 is 9.59 Å². The molecule has 0 aliphatic carbocycles. The molecule has 3 N–H and O–H groups in total. The molecule has 0 fully saturated rings. The maximum absolute atomic E-state index is 12.0. The summed E-state index contributed by atoms with van der Waals surface area (Å²) in [6.07, 6.45) is 0. The van der Waals surface area contributed by atoms with Gasteiger partial charge >= 0.3 is 0 Å². The van der Waals surface area contributed by atoms with E-state index < -0.39 is 0 Å². The van der Waals surface area contributed by atoms with E-state index >= 15 is 0 Å². The van der Waals surface area contributed by atoms with E-state index in [2.05, 4.69) is 16.0 Å². The maximum Gasteiger partial charge on any atom is 0.251 e. The van der Waals surface area contributed by atoms with E-state index in [4.69, 9.17) is 0 Å². The lowest BCUT2D eigenvalue weighted by molar-refractivity contribution is -0.118. The molecular weight excluding hydrogens is 278 g/mol. The molecule has 22 heavy (non-hydrogen) atoms. The minimum absolute atomic E-state index is 0.0929. The molecule has 0 aliphatic heterocycles. The van der Waals surface area contributed by atoms with E-state index in [1.54, 1.807) is 31.3 Å². The van der Waals surface area contributed by atoms with Gasteiger partial charge in [0.05, 0.1) is 6.54 Å². The molecule has 0 radical (unpaired) electrons. The number of benzene rings is 2. The number of rotatable bonds is 6. The first kappa shape index (κ1) is 15.6. The summed E-state index contributed by atoms with van der Waals surface area (Å²) >= 11 is 0. The highest BCUT2D eigenvalue weighted by Gasteiger charge is 2.05. The Labute approximate surface area is 129 Å². The molecule has 114 valence electrons. The topological polar surface area (TPSA) is 70.2 Å². The monoisotopic (exact) mass is 297 g/mol. The molecule has 2 aromatic carbocycles. The van der Waals surface area contributed by atoms with Crippen molar-refractivity contribution in [2.24, 2.45) is 0 Å². The van der Waals surface area contributed by atoms with Crippen molar-refractivity contribution in [1.29, 1.82) is 0 Å². The standard InChI is InChI=1S/C17H19N3O2/c1-18-16(21)12-19-15-9-7-14(8-10-15)17(22)20-11-13-5-3-2-4-6-13/h2-10,19H,11-12H2,1H3,(H,18,21)(H,20,22). The van der Waals surface area contributed by atoms with Gasteiger partial charge in [0.15, 0.2) is 0 Å². The Kier molecular flexibility index (Phi) is 5.54. The summed E-state index contributed by atoms with van der Waals surface area (Å²) in [5.74, 6) is -0.216. The largest absolute Gasteiger partial charge is 0.376 e. The lowest BCUT2D eigenvalue weighted by Gasteiger charge is -2.08. The van der Waals surface area contributed by atoms with Crippen LogP contribution in [0.5, 0.6) is 0 Å². The van der Waals surface area contributed by atoms with Crippen LogP contribution in [0.1, 0.15) is 15.9 Å². The Bertz CT molecular complexity index is 624. The van der Waals surface area contributed by atoms with E-state index in [0.29, 0.717) is 12.1 Å². The van der Waals surface area contributed by atoms with Crippen molar-refractivity contribution >= 4 is 17.5 Å². The molecule has 5 heteroatoms. The van der Waals surface area contributed by atoms with Crippen LogP contribution in [0.15, 0.2) is 54.6 Å². The fourth-order valence-electron chi connectivity index (χ4n) is 1.89. The molecule has 2 amide bonds. The van der Waals surface area contributed by atoms with Crippen molar-refractivity contribution in [3.05, 3.63) is 65.7 Å². The van der Waals surface area contributed by atoms with Gasteiger partial charge in [-0.05, 0) is 29.8 Å². The molecular formula is C17H19N3O2. The van der Waals surface area contributed by atoms with Crippen LogP contribution in [0.2, 0.25) is 0 Å². The van der Waals surface area contributed by atoms with Crippen LogP contribution in [0.4, 0.5) is 5.69 Å². The second kappa shape index (κ2) is 7.83. The van der Waals surface area contributed by atoms with Crippen molar-refractivity contribution in [3.8, 4) is 0 Å². The summed E-state index contributed by atoms with van der Waals surface area (Å²) in [5, 5.41) is 8.38. The maximum atomic E-state index is 12.0. The predicted octanol–water partition coefficient (Wildman–Crippen LogP) is 1.77. The number of hydrogen-bond donors (Lipinski definition) is 3. The summed E-state index contributed by atoms with van der Waals surface area (Å²) in [4.78, 5) is 23.2. The van der Waals surface area contributed by atoms with Gasteiger partial charge in [0.1, 0.15) is 0 Å². The van der Waals surface area contributed by atoms with Crippen molar-refractivity contribution in [3.63, 3.8) is 0 Å². The van der Waals surface area contributed by atoms with Gasteiger partial charge in [-0.1, -0.05) is 30.3 Å². The Balaban J connectivity index is 1.87. The summed E-state index contributed by atoms with van der Waals surface area (Å²) in [7, 11) is 1.59. The van der Waals surface area contributed by atoms with E-state index in [9.17, 15) is 9.59 Å². The zero-order valence-corrected chi connectivity index (χ0v) is 12.4. The second-order valence-electron chi connectivity index (χ2n) is 4.77. The quantitative estimate of drug-likeness (QED) is 0.761. The summed E-state index contributed by atoms with van der Waals surface area (Å²) in [5.41, 5.74) is 2.43. The molecule has 0 saturated carbocycles. The van der Waals surface area contributed by atoms with Crippen molar-refractivity contribution in [2.75, 3.05) is 18.9 Å². The molecule has 0 unspecified atom stereocenters. The first-order valence-corrected chi connectivity index (χ1v) is 7.05. The Morgan fingerprint density at radius 2 is 1.64 bits per heavy atom. The fraction of sp³-hybridized carbons (Fsp3) is 0.176. The molecule has 0 spiro atoms. The van der Waals surface area contributed by atoms with Gasteiger partial charge in [-0.15, -0.1) is 0 Å². The van der Waals surface area contributed by atoms with Gasteiger partial charge in [0, 0.05) is 24.8 Å². The SMILES string of the molecule is CNC(=O)CNc1ccc(C(=O)NCc2ccccc2)cc1. The van der Waals surface area contributed by atoms with Gasteiger partial charge in [0.25, 0.3) is 5.91 Å². The normalized spacial score (nSPS) is 9.86. The zero-order valence-electron chi connectivity index (χ0n) is 12.4. The van der Waals surface area contributed by atoms with Gasteiger partial charge in [-0.3, -0.25) is 9.59 Å². The Morgan fingerprint density at radius 3 is 2.27 bits per heavy atom. The van der Waals surface area contributed by atoms with Crippen LogP contribution >= 0.6 is 0 Å². The molecule has 0 atom stereocenters. The number of carbonyl (C=O) groups is 2. The summed E-state index contributed by atoms with van der Waals surface area (Å²) in [6.45, 7) is 0.701. The third-order valence-electron chi connectivity index (χ3n) is 3.17. The molecule has 5 nitrogen and oxygen atoms in total.